The van der Waals surface area contributed by atoms with Crippen LogP contribution in [0.5, 0.6) is 0 Å². The second kappa shape index (κ2) is 3.29. The third-order valence-corrected chi connectivity index (χ3v) is 1.24. The molecule has 0 bridgehead atoms. The molecular formula is C3H3F5OS. The highest BCUT2D eigenvalue weighted by molar-refractivity contribution is 8.06. The van der Waals surface area contributed by atoms with Gasteiger partial charge < -0.3 is 4.74 Å². The highest BCUT2D eigenvalue weighted by Crippen LogP contribution is 2.29. The standard InChI is InChI=1S/C3H3F5OS/c1-9-2(10(7)8)3(4,5)6/h1H3. The first kappa shape index (κ1) is 9.83. The Labute approximate surface area is 56.3 Å². The number of alkyl halides is 3. The molecule has 0 amide bonds. The summed E-state index contributed by atoms with van der Waals surface area (Å²) in [5.41, 5.74) is 0. The maximum absolute atomic E-state index is 11.3. The van der Waals surface area contributed by atoms with Crippen molar-refractivity contribution >= 4 is 16.3 Å². The molecule has 0 aliphatic rings. The molecule has 10 heavy (non-hydrogen) atoms. The van der Waals surface area contributed by atoms with Crippen molar-refractivity contribution < 1.29 is 25.7 Å². The van der Waals surface area contributed by atoms with Gasteiger partial charge in [0, 0.05) is 7.11 Å². The van der Waals surface area contributed by atoms with E-state index in [4.69, 9.17) is 0 Å². The second-order valence-corrected chi connectivity index (χ2v) is 2.00. The Morgan fingerprint density at radius 2 is 1.70 bits per heavy atom. The van der Waals surface area contributed by atoms with Crippen molar-refractivity contribution in [3.8, 4) is 0 Å². The fourth-order valence-corrected chi connectivity index (χ4v) is 0.567. The summed E-state index contributed by atoms with van der Waals surface area (Å²) in [7, 11) is 0.558. The molecule has 62 valence electrons. The van der Waals surface area contributed by atoms with Gasteiger partial charge in [0.15, 0.2) is 0 Å². The molecule has 0 aromatic carbocycles. The lowest BCUT2D eigenvalue weighted by Gasteiger charge is -2.06. The summed E-state index contributed by atoms with van der Waals surface area (Å²) in [6.07, 6.45) is -5.05. The summed E-state index contributed by atoms with van der Waals surface area (Å²) in [6.45, 7) is 0. The number of methoxy groups -OCH3 is 1. The molecule has 1 nitrogen and oxygen atoms in total. The fraction of sp³-hybridized carbons (Fsp3) is 0.667. The predicted molar refractivity (Wildman–Crippen MR) is 27.9 cm³/mol. The van der Waals surface area contributed by atoms with Gasteiger partial charge in [-0.25, -0.2) is 0 Å². The van der Waals surface area contributed by atoms with E-state index in [1.807, 2.05) is 0 Å². The van der Waals surface area contributed by atoms with Crippen LogP contribution >= 0.6 is 11.3 Å². The molecule has 0 unspecified atom stereocenters. The topological polar surface area (TPSA) is 9.23 Å². The summed E-state index contributed by atoms with van der Waals surface area (Å²) in [4.78, 5) is 0. The molecule has 0 aromatic rings. The van der Waals surface area contributed by atoms with Crippen LogP contribution in [0.1, 0.15) is 0 Å². The fourth-order valence-electron chi connectivity index (χ4n) is 0.266. The van der Waals surface area contributed by atoms with Crippen LogP contribution in [0.3, 0.4) is 0 Å². The van der Waals surface area contributed by atoms with Gasteiger partial charge in [-0.3, -0.25) is 0 Å². The number of halogens is 5. The molecular weight excluding hydrogens is 179 g/mol. The quantitative estimate of drug-likeness (QED) is 0.412. The van der Waals surface area contributed by atoms with E-state index in [0.717, 1.165) is 0 Å². The van der Waals surface area contributed by atoms with Gasteiger partial charge >= 0.3 is 6.18 Å². The van der Waals surface area contributed by atoms with Crippen molar-refractivity contribution in [2.45, 2.75) is 6.18 Å². The molecule has 7 heteroatoms. The van der Waals surface area contributed by atoms with Gasteiger partial charge in [-0.15, -0.1) is 7.77 Å². The first-order chi connectivity index (χ1) is 4.39. The minimum absolute atomic E-state index is 0.558. The minimum Gasteiger partial charge on any atom is -0.336 e. The van der Waals surface area contributed by atoms with Crippen LogP contribution < -0.4 is 0 Å². The first-order valence-electron chi connectivity index (χ1n) is 1.94. The molecule has 0 aromatic heterocycles. The van der Waals surface area contributed by atoms with E-state index in [1.54, 1.807) is 0 Å². The highest BCUT2D eigenvalue weighted by Gasteiger charge is 2.38. The SMILES string of the molecule is COC(=S(F)F)C(F)(F)F. The Bertz CT molecular complexity index is 145. The predicted octanol–water partition coefficient (Wildman–Crippen LogP) is 2.36. The van der Waals surface area contributed by atoms with Gasteiger partial charge in [-0.05, 0) is 0 Å². The maximum Gasteiger partial charge on any atom is 0.448 e. The van der Waals surface area contributed by atoms with Crippen molar-refractivity contribution in [3.63, 3.8) is 0 Å². The lowest BCUT2D eigenvalue weighted by Crippen LogP contribution is -2.23. The number of hydrogen-bond acceptors (Lipinski definition) is 1. The van der Waals surface area contributed by atoms with Crippen molar-refractivity contribution in [3.05, 3.63) is 0 Å². The van der Waals surface area contributed by atoms with Gasteiger partial charge in [0.25, 0.3) is 0 Å². The van der Waals surface area contributed by atoms with Crippen molar-refractivity contribution in [2.24, 2.45) is 0 Å². The Morgan fingerprint density at radius 1 is 1.30 bits per heavy atom. The van der Waals surface area contributed by atoms with Crippen LogP contribution in [0, 0.1) is 0 Å². The number of rotatable bonds is 0. The van der Waals surface area contributed by atoms with E-state index in [1.165, 1.54) is 0 Å². The largest absolute Gasteiger partial charge is 0.448 e. The van der Waals surface area contributed by atoms with Crippen molar-refractivity contribution in [1.29, 1.82) is 0 Å². The normalized spacial score (nSPS) is 12.3. The van der Waals surface area contributed by atoms with Crippen LogP contribution in [-0.4, -0.2) is 18.3 Å². The Kier molecular flexibility index (Phi) is 3.23. The molecule has 0 fully saturated rings. The molecule has 0 heterocycles. The zero-order chi connectivity index (χ0) is 8.36. The minimum atomic E-state index is -5.05. The molecule has 0 aliphatic carbocycles. The van der Waals surface area contributed by atoms with Crippen LogP contribution in [0.2, 0.25) is 0 Å². The van der Waals surface area contributed by atoms with Gasteiger partial charge in [-0.2, -0.15) is 13.2 Å². The third-order valence-electron chi connectivity index (χ3n) is 0.557. The van der Waals surface area contributed by atoms with E-state index in [-0.39, 0.29) is 0 Å². The van der Waals surface area contributed by atoms with Crippen molar-refractivity contribution in [2.75, 3.05) is 7.11 Å². The Morgan fingerprint density at radius 3 is 1.70 bits per heavy atom. The average molecular weight is 182 g/mol. The van der Waals surface area contributed by atoms with Gasteiger partial charge in [0.05, 0.1) is 0 Å². The van der Waals surface area contributed by atoms with E-state index >= 15 is 0 Å². The molecule has 0 N–H and O–H groups in total. The number of hydrogen-bond donors (Lipinski definition) is 0. The molecule has 0 radical (unpaired) electrons. The molecule has 0 aliphatic heterocycles. The highest BCUT2D eigenvalue weighted by atomic mass is 32.2. The van der Waals surface area contributed by atoms with Crippen LogP contribution in [-0.2, 0) is 4.74 Å². The summed E-state index contributed by atoms with van der Waals surface area (Å²) in [6, 6.07) is 0. The Balaban J connectivity index is 4.55. The Hall–Kier alpha value is -0.170. The molecule has 0 spiro atoms. The van der Waals surface area contributed by atoms with Gasteiger partial charge in [0.1, 0.15) is 0 Å². The molecule has 0 rings (SSSR count). The lowest BCUT2D eigenvalue weighted by atomic mass is 10.7. The van der Waals surface area contributed by atoms with Crippen LogP contribution in [0.25, 0.3) is 0 Å². The number of ether oxygens (including phenoxy) is 1. The second-order valence-electron chi connectivity index (χ2n) is 1.20. The molecule has 0 saturated heterocycles. The zero-order valence-electron chi connectivity index (χ0n) is 4.71. The molecule has 0 saturated carbocycles. The summed E-state index contributed by atoms with van der Waals surface area (Å²) in [5.74, 6) is 0. The third kappa shape index (κ3) is 2.61. The van der Waals surface area contributed by atoms with Crippen LogP contribution in [0.15, 0.2) is 0 Å². The zero-order valence-corrected chi connectivity index (χ0v) is 5.52. The van der Waals surface area contributed by atoms with E-state index in [2.05, 4.69) is 4.74 Å². The van der Waals surface area contributed by atoms with Gasteiger partial charge in [-0.1, -0.05) is 0 Å². The van der Waals surface area contributed by atoms with E-state index in [9.17, 15) is 20.9 Å². The lowest BCUT2D eigenvalue weighted by molar-refractivity contribution is -0.0723. The van der Waals surface area contributed by atoms with Crippen LogP contribution in [0.4, 0.5) is 20.9 Å². The van der Waals surface area contributed by atoms with E-state index in [0.29, 0.717) is 7.11 Å². The van der Waals surface area contributed by atoms with Crippen molar-refractivity contribution in [1.82, 2.24) is 0 Å². The maximum atomic E-state index is 11.3. The smallest absolute Gasteiger partial charge is 0.336 e. The summed E-state index contributed by atoms with van der Waals surface area (Å²) in [5, 5.41) is -2.13. The summed E-state index contributed by atoms with van der Waals surface area (Å²) >= 11 is -3.85. The summed E-state index contributed by atoms with van der Waals surface area (Å²) < 4.78 is 60.1. The first-order valence-corrected chi connectivity index (χ1v) is 2.97. The van der Waals surface area contributed by atoms with E-state index < -0.39 is 22.5 Å². The molecule has 0 atom stereocenters. The average Bonchev–Trinajstić information content (AvgIpc) is 1.60. The monoisotopic (exact) mass is 182 g/mol. The van der Waals surface area contributed by atoms with Gasteiger partial charge in [0.2, 0.25) is 16.3 Å².